The summed E-state index contributed by atoms with van der Waals surface area (Å²) in [7, 11) is -4.38. The van der Waals surface area contributed by atoms with Crippen molar-refractivity contribution >= 4 is 16.1 Å². The molecular formula is C11H18FNO3S. The van der Waals surface area contributed by atoms with E-state index < -0.39 is 16.0 Å². The summed E-state index contributed by atoms with van der Waals surface area (Å²) in [6.45, 7) is 3.20. The van der Waals surface area contributed by atoms with E-state index in [9.17, 15) is 17.1 Å². The van der Waals surface area contributed by atoms with Crippen molar-refractivity contribution < 1.29 is 17.1 Å². The number of nitrogens with zero attached hydrogens (tertiary/aromatic N) is 1. The monoisotopic (exact) mass is 263 g/mol. The number of amides is 1. The highest BCUT2D eigenvalue weighted by Gasteiger charge is 2.42. The number of piperidine rings is 1. The molecule has 2 unspecified atom stereocenters. The summed E-state index contributed by atoms with van der Waals surface area (Å²) in [6.07, 6.45) is 2.16. The Morgan fingerprint density at radius 2 is 1.88 bits per heavy atom. The molecule has 17 heavy (non-hydrogen) atoms. The smallest absolute Gasteiger partial charge is 0.302 e. The molecule has 0 bridgehead atoms. The quantitative estimate of drug-likeness (QED) is 0.718. The first kappa shape index (κ1) is 12.8. The van der Waals surface area contributed by atoms with E-state index in [1.807, 2.05) is 0 Å². The predicted molar refractivity (Wildman–Crippen MR) is 61.5 cm³/mol. The normalized spacial score (nSPS) is 30.4. The molecule has 0 aromatic heterocycles. The summed E-state index contributed by atoms with van der Waals surface area (Å²) in [5.41, 5.74) is 0. The average Bonchev–Trinajstić information content (AvgIpc) is 2.93. The van der Waals surface area contributed by atoms with Crippen LogP contribution in [0.1, 0.15) is 26.2 Å². The van der Waals surface area contributed by atoms with E-state index in [0.29, 0.717) is 31.8 Å². The SMILES string of the molecule is CC1CC1C(=O)N1CCC(CS(=O)(=O)F)CC1. The van der Waals surface area contributed by atoms with Gasteiger partial charge in [0.2, 0.25) is 5.91 Å². The van der Waals surface area contributed by atoms with Crippen LogP contribution in [0.2, 0.25) is 0 Å². The molecule has 1 amide bonds. The molecule has 4 nitrogen and oxygen atoms in total. The summed E-state index contributed by atoms with van der Waals surface area (Å²) in [4.78, 5) is 13.7. The van der Waals surface area contributed by atoms with Crippen molar-refractivity contribution in [2.24, 2.45) is 17.8 Å². The number of halogens is 1. The number of likely N-dealkylation sites (tertiary alicyclic amines) is 1. The van der Waals surface area contributed by atoms with Gasteiger partial charge in [0.05, 0.1) is 5.75 Å². The van der Waals surface area contributed by atoms with Crippen LogP contribution in [-0.2, 0) is 15.0 Å². The molecule has 0 spiro atoms. The van der Waals surface area contributed by atoms with Gasteiger partial charge in [-0.2, -0.15) is 8.42 Å². The second-order valence-corrected chi connectivity index (χ2v) is 6.70. The van der Waals surface area contributed by atoms with Crippen molar-refractivity contribution in [3.63, 3.8) is 0 Å². The molecule has 0 N–H and O–H groups in total. The van der Waals surface area contributed by atoms with Crippen molar-refractivity contribution in [1.82, 2.24) is 4.90 Å². The second-order valence-electron chi connectivity index (χ2n) is 5.29. The summed E-state index contributed by atoms with van der Waals surface area (Å²) in [6, 6.07) is 0. The fourth-order valence-electron chi connectivity index (χ4n) is 2.50. The molecule has 2 rings (SSSR count). The maximum Gasteiger partial charge on any atom is 0.302 e. The summed E-state index contributed by atoms with van der Waals surface area (Å²) in [5, 5.41) is 0. The largest absolute Gasteiger partial charge is 0.342 e. The average molecular weight is 263 g/mol. The van der Waals surface area contributed by atoms with Gasteiger partial charge in [0, 0.05) is 19.0 Å². The first-order chi connectivity index (χ1) is 7.87. The van der Waals surface area contributed by atoms with E-state index in [-0.39, 0.29) is 17.7 Å². The van der Waals surface area contributed by atoms with Crippen LogP contribution in [0.25, 0.3) is 0 Å². The summed E-state index contributed by atoms with van der Waals surface area (Å²) < 4.78 is 33.6. The zero-order valence-electron chi connectivity index (χ0n) is 9.93. The van der Waals surface area contributed by atoms with Crippen LogP contribution < -0.4 is 0 Å². The van der Waals surface area contributed by atoms with Gasteiger partial charge < -0.3 is 4.90 Å². The number of carbonyl (C=O) groups is 1. The number of carbonyl (C=O) groups excluding carboxylic acids is 1. The molecule has 6 heteroatoms. The summed E-state index contributed by atoms with van der Waals surface area (Å²) >= 11 is 0. The first-order valence-electron chi connectivity index (χ1n) is 6.08. The van der Waals surface area contributed by atoms with Crippen molar-refractivity contribution in [3.8, 4) is 0 Å². The third-order valence-electron chi connectivity index (χ3n) is 3.79. The zero-order valence-corrected chi connectivity index (χ0v) is 10.7. The molecule has 2 aliphatic rings. The highest BCUT2D eigenvalue weighted by atomic mass is 32.3. The van der Waals surface area contributed by atoms with Gasteiger partial charge in [-0.15, -0.1) is 3.89 Å². The number of hydrogen-bond donors (Lipinski definition) is 0. The molecule has 1 heterocycles. The lowest BCUT2D eigenvalue weighted by Gasteiger charge is -2.31. The van der Waals surface area contributed by atoms with Crippen LogP contribution in [0.4, 0.5) is 3.89 Å². The molecule has 0 radical (unpaired) electrons. The topological polar surface area (TPSA) is 54.5 Å². The lowest BCUT2D eigenvalue weighted by atomic mass is 9.98. The van der Waals surface area contributed by atoms with Crippen LogP contribution in [0.15, 0.2) is 0 Å². The highest BCUT2D eigenvalue weighted by molar-refractivity contribution is 7.86. The molecule has 2 atom stereocenters. The van der Waals surface area contributed by atoms with E-state index in [1.165, 1.54) is 0 Å². The predicted octanol–water partition coefficient (Wildman–Crippen LogP) is 1.18. The van der Waals surface area contributed by atoms with Crippen LogP contribution in [0.5, 0.6) is 0 Å². The molecule has 0 aromatic rings. The van der Waals surface area contributed by atoms with Gasteiger partial charge >= 0.3 is 10.2 Å². The van der Waals surface area contributed by atoms with Crippen LogP contribution in [0.3, 0.4) is 0 Å². The van der Waals surface area contributed by atoms with Gasteiger partial charge in [-0.3, -0.25) is 4.79 Å². The first-order valence-corrected chi connectivity index (χ1v) is 7.63. The Balaban J connectivity index is 1.80. The highest BCUT2D eigenvalue weighted by Crippen LogP contribution is 2.39. The Bertz CT molecular complexity index is 401. The van der Waals surface area contributed by atoms with Crippen molar-refractivity contribution in [1.29, 1.82) is 0 Å². The lowest BCUT2D eigenvalue weighted by molar-refractivity contribution is -0.134. The van der Waals surface area contributed by atoms with E-state index >= 15 is 0 Å². The van der Waals surface area contributed by atoms with E-state index in [2.05, 4.69) is 6.92 Å². The molecule has 1 aliphatic carbocycles. The Morgan fingerprint density at radius 3 is 2.29 bits per heavy atom. The van der Waals surface area contributed by atoms with Gasteiger partial charge in [0.1, 0.15) is 0 Å². The minimum atomic E-state index is -4.38. The minimum Gasteiger partial charge on any atom is -0.342 e. The molecule has 98 valence electrons. The van der Waals surface area contributed by atoms with E-state index in [0.717, 1.165) is 6.42 Å². The van der Waals surface area contributed by atoms with Gasteiger partial charge in [0.15, 0.2) is 0 Å². The third-order valence-corrected chi connectivity index (χ3v) is 4.66. The Hall–Kier alpha value is -0.650. The summed E-state index contributed by atoms with van der Waals surface area (Å²) in [5.74, 6) is 0.335. The fourth-order valence-corrected chi connectivity index (χ4v) is 3.40. The Labute approximate surface area is 101 Å². The lowest BCUT2D eigenvalue weighted by Crippen LogP contribution is -2.40. The molecule has 1 aliphatic heterocycles. The Kier molecular flexibility index (Phi) is 3.43. The van der Waals surface area contributed by atoms with Gasteiger partial charge in [-0.1, -0.05) is 6.92 Å². The van der Waals surface area contributed by atoms with Crippen LogP contribution in [0, 0.1) is 17.8 Å². The van der Waals surface area contributed by atoms with Gasteiger partial charge in [0.25, 0.3) is 0 Å². The zero-order chi connectivity index (χ0) is 12.6. The van der Waals surface area contributed by atoms with Gasteiger partial charge in [-0.25, -0.2) is 0 Å². The van der Waals surface area contributed by atoms with Crippen molar-refractivity contribution in [2.75, 3.05) is 18.8 Å². The molecule has 0 aromatic carbocycles. The second kappa shape index (κ2) is 4.55. The fraction of sp³-hybridized carbons (Fsp3) is 0.909. The molecule has 1 saturated carbocycles. The van der Waals surface area contributed by atoms with E-state index in [4.69, 9.17) is 0 Å². The molecule has 2 fully saturated rings. The van der Waals surface area contributed by atoms with Crippen LogP contribution >= 0.6 is 0 Å². The Morgan fingerprint density at radius 1 is 1.35 bits per heavy atom. The van der Waals surface area contributed by atoms with Crippen molar-refractivity contribution in [2.45, 2.75) is 26.2 Å². The maximum absolute atomic E-state index is 12.5. The molecular weight excluding hydrogens is 245 g/mol. The van der Waals surface area contributed by atoms with Gasteiger partial charge in [-0.05, 0) is 31.1 Å². The molecule has 1 saturated heterocycles. The van der Waals surface area contributed by atoms with Crippen LogP contribution in [-0.4, -0.2) is 38.1 Å². The standard InChI is InChI=1S/C11H18FNO3S/c1-8-6-10(8)11(14)13-4-2-9(3-5-13)7-17(12,15)16/h8-10H,2-7H2,1H3. The number of hydrogen-bond acceptors (Lipinski definition) is 3. The van der Waals surface area contributed by atoms with Crippen molar-refractivity contribution in [3.05, 3.63) is 0 Å². The number of rotatable bonds is 3. The maximum atomic E-state index is 12.5. The minimum absolute atomic E-state index is 0.134. The third kappa shape index (κ3) is 3.40. The van der Waals surface area contributed by atoms with E-state index in [1.54, 1.807) is 4.90 Å².